The Morgan fingerprint density at radius 1 is 0.923 bits per heavy atom. The SMILES string of the molecule is C1=CCC(c2ccccc2)C=CC1. The molecule has 0 fully saturated rings. The summed E-state index contributed by atoms with van der Waals surface area (Å²) in [5.74, 6) is 0.583. The highest BCUT2D eigenvalue weighted by molar-refractivity contribution is 5.25. The first-order valence-corrected chi connectivity index (χ1v) is 4.83. The van der Waals surface area contributed by atoms with Crippen molar-refractivity contribution in [2.75, 3.05) is 0 Å². The molecule has 0 aromatic heterocycles. The van der Waals surface area contributed by atoms with Gasteiger partial charge in [-0.25, -0.2) is 0 Å². The zero-order valence-corrected chi connectivity index (χ0v) is 7.69. The topological polar surface area (TPSA) is 0 Å². The lowest BCUT2D eigenvalue weighted by Crippen LogP contribution is -1.91. The lowest BCUT2D eigenvalue weighted by atomic mass is 9.96. The molecule has 0 aliphatic heterocycles. The van der Waals surface area contributed by atoms with Crippen LogP contribution in [0.5, 0.6) is 0 Å². The summed E-state index contributed by atoms with van der Waals surface area (Å²) in [5, 5.41) is 0. The van der Waals surface area contributed by atoms with Gasteiger partial charge in [0.05, 0.1) is 0 Å². The molecule has 0 radical (unpaired) electrons. The van der Waals surface area contributed by atoms with Crippen molar-refractivity contribution in [3.63, 3.8) is 0 Å². The number of benzene rings is 1. The summed E-state index contributed by atoms with van der Waals surface area (Å²) in [6, 6.07) is 10.7. The average Bonchev–Trinajstić information content (AvgIpc) is 2.47. The molecule has 1 aromatic rings. The number of rotatable bonds is 1. The highest BCUT2D eigenvalue weighted by Crippen LogP contribution is 2.23. The van der Waals surface area contributed by atoms with Crippen molar-refractivity contribution in [3.8, 4) is 0 Å². The predicted molar refractivity (Wildman–Crippen MR) is 56.7 cm³/mol. The molecule has 0 heterocycles. The molecule has 0 spiro atoms. The van der Waals surface area contributed by atoms with Crippen LogP contribution in [0.1, 0.15) is 24.3 Å². The minimum atomic E-state index is 0.583. The van der Waals surface area contributed by atoms with Crippen LogP contribution in [0.3, 0.4) is 0 Å². The van der Waals surface area contributed by atoms with Crippen molar-refractivity contribution in [2.24, 2.45) is 0 Å². The summed E-state index contributed by atoms with van der Waals surface area (Å²) in [6.45, 7) is 0. The van der Waals surface area contributed by atoms with Crippen LogP contribution in [-0.4, -0.2) is 0 Å². The van der Waals surface area contributed by atoms with Gasteiger partial charge in [0, 0.05) is 5.92 Å². The average molecular weight is 170 g/mol. The van der Waals surface area contributed by atoms with E-state index in [1.165, 1.54) is 5.56 Å². The molecule has 0 saturated heterocycles. The summed E-state index contributed by atoms with van der Waals surface area (Å²) in [4.78, 5) is 0. The first kappa shape index (κ1) is 8.31. The van der Waals surface area contributed by atoms with Crippen LogP contribution in [-0.2, 0) is 0 Å². The molecule has 66 valence electrons. The Labute approximate surface area is 79.6 Å². The predicted octanol–water partition coefficient (Wildman–Crippen LogP) is 3.68. The van der Waals surface area contributed by atoms with Crippen molar-refractivity contribution in [1.82, 2.24) is 0 Å². The third-order valence-corrected chi connectivity index (χ3v) is 2.42. The van der Waals surface area contributed by atoms with E-state index in [1.807, 2.05) is 0 Å². The van der Waals surface area contributed by atoms with E-state index in [2.05, 4.69) is 54.6 Å². The van der Waals surface area contributed by atoms with Crippen LogP contribution in [0.25, 0.3) is 0 Å². The van der Waals surface area contributed by atoms with Crippen molar-refractivity contribution in [1.29, 1.82) is 0 Å². The Hall–Kier alpha value is -1.30. The molecule has 1 aromatic carbocycles. The molecular weight excluding hydrogens is 156 g/mol. The van der Waals surface area contributed by atoms with Crippen molar-refractivity contribution >= 4 is 0 Å². The lowest BCUT2D eigenvalue weighted by molar-refractivity contribution is 0.867. The van der Waals surface area contributed by atoms with E-state index in [0.29, 0.717) is 5.92 Å². The maximum absolute atomic E-state index is 2.31. The van der Waals surface area contributed by atoms with E-state index in [1.54, 1.807) is 0 Å². The lowest BCUT2D eigenvalue weighted by Gasteiger charge is -2.09. The summed E-state index contributed by atoms with van der Waals surface area (Å²) >= 11 is 0. The zero-order valence-electron chi connectivity index (χ0n) is 7.69. The van der Waals surface area contributed by atoms with Crippen molar-refractivity contribution in [2.45, 2.75) is 18.8 Å². The fraction of sp³-hybridized carbons (Fsp3) is 0.231. The van der Waals surface area contributed by atoms with Crippen LogP contribution in [0.4, 0.5) is 0 Å². The number of allylic oxidation sites excluding steroid dienone is 4. The molecule has 0 bridgehead atoms. The van der Waals surface area contributed by atoms with Gasteiger partial charge in [0.15, 0.2) is 0 Å². The van der Waals surface area contributed by atoms with Gasteiger partial charge in [-0.3, -0.25) is 0 Å². The van der Waals surface area contributed by atoms with Gasteiger partial charge in [0.2, 0.25) is 0 Å². The summed E-state index contributed by atoms with van der Waals surface area (Å²) in [7, 11) is 0. The van der Waals surface area contributed by atoms with E-state index in [9.17, 15) is 0 Å². The van der Waals surface area contributed by atoms with Gasteiger partial charge in [0.25, 0.3) is 0 Å². The van der Waals surface area contributed by atoms with E-state index in [0.717, 1.165) is 12.8 Å². The molecule has 0 heteroatoms. The van der Waals surface area contributed by atoms with Crippen LogP contribution in [0.2, 0.25) is 0 Å². The van der Waals surface area contributed by atoms with Gasteiger partial charge >= 0.3 is 0 Å². The van der Waals surface area contributed by atoms with Gasteiger partial charge < -0.3 is 0 Å². The van der Waals surface area contributed by atoms with Crippen LogP contribution in [0.15, 0.2) is 54.6 Å². The van der Waals surface area contributed by atoms with Gasteiger partial charge in [-0.1, -0.05) is 54.6 Å². The maximum atomic E-state index is 2.31. The fourth-order valence-corrected chi connectivity index (χ4v) is 1.69. The third-order valence-electron chi connectivity index (χ3n) is 2.42. The van der Waals surface area contributed by atoms with Gasteiger partial charge in [0.1, 0.15) is 0 Å². The van der Waals surface area contributed by atoms with E-state index in [4.69, 9.17) is 0 Å². The van der Waals surface area contributed by atoms with Gasteiger partial charge in [-0.05, 0) is 18.4 Å². The Balaban J connectivity index is 2.21. The number of hydrogen-bond acceptors (Lipinski definition) is 0. The Morgan fingerprint density at radius 3 is 2.62 bits per heavy atom. The quantitative estimate of drug-likeness (QED) is 0.564. The molecule has 0 amide bonds. The molecular formula is C13H14. The smallest absolute Gasteiger partial charge is 0.00525 e. The second-order valence-electron chi connectivity index (χ2n) is 3.39. The number of hydrogen-bond donors (Lipinski definition) is 0. The minimum absolute atomic E-state index is 0.583. The normalized spacial score (nSPS) is 21.4. The van der Waals surface area contributed by atoms with Crippen molar-refractivity contribution in [3.05, 3.63) is 60.2 Å². The standard InChI is InChI=1S/C13H14/c1-2-5-9-12(8-4-1)13-10-6-3-7-11-13/h1,3-7,9-12H,2,8H2. The van der Waals surface area contributed by atoms with E-state index < -0.39 is 0 Å². The summed E-state index contributed by atoms with van der Waals surface area (Å²) < 4.78 is 0. The Bertz CT molecular complexity index is 306. The van der Waals surface area contributed by atoms with Crippen LogP contribution in [0, 0.1) is 0 Å². The second kappa shape index (κ2) is 4.08. The largest absolute Gasteiger partial charge is 0.0873 e. The molecule has 0 nitrogen and oxygen atoms in total. The molecule has 1 aliphatic rings. The van der Waals surface area contributed by atoms with Gasteiger partial charge in [-0.2, -0.15) is 0 Å². The van der Waals surface area contributed by atoms with E-state index in [-0.39, 0.29) is 0 Å². The molecule has 0 saturated carbocycles. The summed E-state index contributed by atoms with van der Waals surface area (Å²) in [5.41, 5.74) is 1.42. The first-order valence-electron chi connectivity index (χ1n) is 4.83. The molecule has 13 heavy (non-hydrogen) atoms. The Morgan fingerprint density at radius 2 is 1.77 bits per heavy atom. The zero-order chi connectivity index (χ0) is 8.93. The van der Waals surface area contributed by atoms with Gasteiger partial charge in [-0.15, -0.1) is 0 Å². The molecule has 1 aliphatic carbocycles. The van der Waals surface area contributed by atoms with Crippen LogP contribution < -0.4 is 0 Å². The van der Waals surface area contributed by atoms with Crippen molar-refractivity contribution < 1.29 is 0 Å². The fourth-order valence-electron chi connectivity index (χ4n) is 1.69. The molecule has 0 N–H and O–H groups in total. The van der Waals surface area contributed by atoms with Crippen LogP contribution >= 0.6 is 0 Å². The molecule has 1 atom stereocenters. The maximum Gasteiger partial charge on any atom is 0.00525 e. The monoisotopic (exact) mass is 170 g/mol. The second-order valence-corrected chi connectivity index (χ2v) is 3.39. The third kappa shape index (κ3) is 2.09. The summed E-state index contributed by atoms with van der Waals surface area (Å²) in [6.07, 6.45) is 11.3. The van der Waals surface area contributed by atoms with E-state index >= 15 is 0 Å². The Kier molecular flexibility index (Phi) is 2.61. The highest BCUT2D eigenvalue weighted by atomic mass is 14.1. The highest BCUT2D eigenvalue weighted by Gasteiger charge is 2.05. The first-order chi connectivity index (χ1) is 6.47. The minimum Gasteiger partial charge on any atom is -0.0873 e. The molecule has 1 unspecified atom stereocenters. The molecule has 2 rings (SSSR count).